The predicted molar refractivity (Wildman–Crippen MR) is 103 cm³/mol. The highest BCUT2D eigenvalue weighted by molar-refractivity contribution is 5.83. The van der Waals surface area contributed by atoms with E-state index in [1.807, 2.05) is 21.0 Å². The van der Waals surface area contributed by atoms with Crippen molar-refractivity contribution in [3.8, 4) is 23.0 Å². The van der Waals surface area contributed by atoms with E-state index in [4.69, 9.17) is 13.9 Å². The monoisotopic (exact) mass is 370 g/mol. The van der Waals surface area contributed by atoms with Crippen LogP contribution in [0.15, 0.2) is 45.6 Å². The molecule has 1 aromatic heterocycles. The first kappa shape index (κ1) is 18.8. The van der Waals surface area contributed by atoms with Crippen LogP contribution < -0.4 is 19.8 Å². The first-order valence-corrected chi connectivity index (χ1v) is 8.88. The highest BCUT2D eigenvalue weighted by atomic mass is 16.5. The molecule has 0 aliphatic rings. The number of benzene rings is 2. The summed E-state index contributed by atoms with van der Waals surface area (Å²) >= 11 is 0. The van der Waals surface area contributed by atoms with E-state index in [0.717, 1.165) is 10.6 Å². The molecule has 6 nitrogen and oxygen atoms in total. The minimum absolute atomic E-state index is 0.117. The molecule has 0 aliphatic carbocycles. The van der Waals surface area contributed by atoms with Crippen LogP contribution in [0.4, 0.5) is 0 Å². The van der Waals surface area contributed by atoms with Crippen LogP contribution in [-0.2, 0) is 6.54 Å². The molecule has 2 N–H and O–H groups in total. The van der Waals surface area contributed by atoms with Crippen LogP contribution >= 0.6 is 0 Å². The molecule has 27 heavy (non-hydrogen) atoms. The van der Waals surface area contributed by atoms with Crippen LogP contribution in [0.3, 0.4) is 0 Å². The predicted octanol–water partition coefficient (Wildman–Crippen LogP) is 2.64. The van der Waals surface area contributed by atoms with Crippen LogP contribution in [0.25, 0.3) is 11.0 Å². The molecule has 0 spiro atoms. The summed E-state index contributed by atoms with van der Waals surface area (Å²) in [5, 5.41) is 10.6. The molecular formula is C21H24NO5+. The fourth-order valence-electron chi connectivity index (χ4n) is 2.93. The first-order valence-electron chi connectivity index (χ1n) is 8.88. The van der Waals surface area contributed by atoms with Crippen LogP contribution in [-0.4, -0.2) is 25.8 Å². The largest absolute Gasteiger partial charge is 0.507 e. The fourth-order valence-corrected chi connectivity index (χ4v) is 2.93. The van der Waals surface area contributed by atoms with Crippen molar-refractivity contribution in [2.45, 2.75) is 20.4 Å². The maximum atomic E-state index is 13.0. The van der Waals surface area contributed by atoms with E-state index in [0.29, 0.717) is 41.2 Å². The van der Waals surface area contributed by atoms with Crippen molar-refractivity contribution < 1.29 is 23.9 Å². The van der Waals surface area contributed by atoms with Gasteiger partial charge in [0.1, 0.15) is 29.6 Å². The lowest BCUT2D eigenvalue weighted by molar-refractivity contribution is -0.872. The molecule has 0 bridgehead atoms. The normalized spacial score (nSPS) is 11.1. The Balaban J connectivity index is 2.04. The molecule has 0 radical (unpaired) electrons. The molecule has 3 rings (SSSR count). The molecule has 0 unspecified atom stereocenters. The molecule has 0 saturated carbocycles. The van der Waals surface area contributed by atoms with Crippen molar-refractivity contribution in [1.29, 1.82) is 0 Å². The quantitative estimate of drug-likeness (QED) is 0.698. The molecule has 0 fully saturated rings. The summed E-state index contributed by atoms with van der Waals surface area (Å²) in [6.45, 7) is 4.71. The maximum Gasteiger partial charge on any atom is 0.235 e. The van der Waals surface area contributed by atoms with Gasteiger partial charge in [0.2, 0.25) is 11.2 Å². The van der Waals surface area contributed by atoms with Gasteiger partial charge in [-0.25, -0.2) is 0 Å². The van der Waals surface area contributed by atoms with Gasteiger partial charge >= 0.3 is 0 Å². The zero-order valence-electron chi connectivity index (χ0n) is 16.0. The van der Waals surface area contributed by atoms with E-state index in [1.54, 1.807) is 37.3 Å². The van der Waals surface area contributed by atoms with Crippen molar-refractivity contribution in [2.75, 3.05) is 20.7 Å². The third-order valence-corrected chi connectivity index (χ3v) is 4.15. The highest BCUT2D eigenvalue weighted by Crippen LogP contribution is 2.30. The number of aromatic hydroxyl groups is 1. The van der Waals surface area contributed by atoms with Gasteiger partial charge < -0.3 is 23.9 Å². The number of rotatable bonds is 6. The SMILES string of the molecule is CCOc1ccc(Oc2c(C)oc3c(C[NH+](C)C)c(O)ccc3c2=O)cc1. The Labute approximate surface area is 157 Å². The fraction of sp³-hybridized carbons (Fsp3) is 0.286. The zero-order chi connectivity index (χ0) is 19.6. The minimum atomic E-state index is -0.266. The highest BCUT2D eigenvalue weighted by Gasteiger charge is 2.19. The van der Waals surface area contributed by atoms with Crippen molar-refractivity contribution in [3.63, 3.8) is 0 Å². The summed E-state index contributed by atoms with van der Waals surface area (Å²) in [6, 6.07) is 10.1. The van der Waals surface area contributed by atoms with Crippen molar-refractivity contribution >= 4 is 11.0 Å². The zero-order valence-corrected chi connectivity index (χ0v) is 16.0. The summed E-state index contributed by atoms with van der Waals surface area (Å²) in [4.78, 5) is 14.1. The molecular weight excluding hydrogens is 346 g/mol. The maximum absolute atomic E-state index is 13.0. The smallest absolute Gasteiger partial charge is 0.235 e. The first-order chi connectivity index (χ1) is 12.9. The second-order valence-corrected chi connectivity index (χ2v) is 6.65. The number of hydrogen-bond donors (Lipinski definition) is 2. The van der Waals surface area contributed by atoms with E-state index in [-0.39, 0.29) is 16.9 Å². The molecule has 0 aliphatic heterocycles. The standard InChI is InChI=1S/C21H23NO5/c1-5-25-14-6-8-15(9-7-14)27-20-13(2)26-21-16(19(20)24)10-11-18(23)17(21)12-22(3)4/h6-11,23H,5,12H2,1-4H3/p+1. The van der Waals surface area contributed by atoms with Crippen LogP contribution in [0, 0.1) is 6.92 Å². The van der Waals surface area contributed by atoms with E-state index in [9.17, 15) is 9.90 Å². The van der Waals surface area contributed by atoms with Gasteiger partial charge in [-0.1, -0.05) is 0 Å². The van der Waals surface area contributed by atoms with Gasteiger partial charge in [0.25, 0.3) is 0 Å². The van der Waals surface area contributed by atoms with E-state index < -0.39 is 0 Å². The van der Waals surface area contributed by atoms with Gasteiger partial charge in [-0.2, -0.15) is 0 Å². The molecule has 0 amide bonds. The Morgan fingerprint density at radius 2 is 1.74 bits per heavy atom. The van der Waals surface area contributed by atoms with E-state index >= 15 is 0 Å². The summed E-state index contributed by atoms with van der Waals surface area (Å²) in [5.74, 6) is 1.87. The van der Waals surface area contributed by atoms with Crippen LogP contribution in [0.1, 0.15) is 18.2 Å². The van der Waals surface area contributed by atoms with Crippen LogP contribution in [0.5, 0.6) is 23.0 Å². The average molecular weight is 370 g/mol. The molecule has 2 aromatic carbocycles. The number of aryl methyl sites for hydroxylation is 1. The van der Waals surface area contributed by atoms with Crippen LogP contribution in [0.2, 0.25) is 0 Å². The molecule has 0 atom stereocenters. The summed E-state index contributed by atoms with van der Waals surface area (Å²) < 4.78 is 17.1. The van der Waals surface area contributed by atoms with Gasteiger partial charge in [-0.05, 0) is 50.2 Å². The number of quaternary nitrogens is 1. The third kappa shape index (κ3) is 3.90. The Kier molecular flexibility index (Phi) is 5.37. The molecule has 1 heterocycles. The van der Waals surface area contributed by atoms with Crippen molar-refractivity contribution in [1.82, 2.24) is 0 Å². The van der Waals surface area contributed by atoms with Gasteiger partial charge in [0.05, 0.1) is 31.7 Å². The van der Waals surface area contributed by atoms with Crippen molar-refractivity contribution in [2.24, 2.45) is 0 Å². The van der Waals surface area contributed by atoms with Gasteiger partial charge in [0, 0.05) is 0 Å². The van der Waals surface area contributed by atoms with Crippen molar-refractivity contribution in [3.05, 3.63) is 57.9 Å². The molecule has 3 aromatic rings. The summed E-state index contributed by atoms with van der Waals surface area (Å²) in [7, 11) is 3.93. The molecule has 142 valence electrons. The number of nitrogens with one attached hydrogen (secondary N) is 1. The van der Waals surface area contributed by atoms with Gasteiger partial charge in [-0.15, -0.1) is 0 Å². The lowest BCUT2D eigenvalue weighted by Crippen LogP contribution is -3.04. The number of hydrogen-bond acceptors (Lipinski definition) is 5. The van der Waals surface area contributed by atoms with E-state index in [1.165, 1.54) is 6.07 Å². The topological polar surface area (TPSA) is 73.3 Å². The van der Waals surface area contributed by atoms with Gasteiger partial charge in [0.15, 0.2) is 5.58 Å². The second-order valence-electron chi connectivity index (χ2n) is 6.65. The Morgan fingerprint density at radius 1 is 1.07 bits per heavy atom. The number of phenolic OH excluding ortho intramolecular Hbond substituents is 1. The third-order valence-electron chi connectivity index (χ3n) is 4.15. The summed E-state index contributed by atoms with van der Waals surface area (Å²) in [5.41, 5.74) is 0.746. The molecule has 6 heteroatoms. The summed E-state index contributed by atoms with van der Waals surface area (Å²) in [6.07, 6.45) is 0. The number of phenols is 1. The number of ether oxygens (including phenoxy) is 2. The minimum Gasteiger partial charge on any atom is -0.507 e. The Bertz CT molecular complexity index is 1010. The van der Waals surface area contributed by atoms with Gasteiger partial charge in [-0.3, -0.25) is 4.79 Å². The second kappa shape index (κ2) is 7.72. The Hall–Kier alpha value is -2.99. The Morgan fingerprint density at radius 3 is 2.37 bits per heavy atom. The lowest BCUT2D eigenvalue weighted by atomic mass is 10.1. The van der Waals surface area contributed by atoms with E-state index in [2.05, 4.69) is 0 Å². The average Bonchev–Trinajstić information content (AvgIpc) is 2.62. The molecule has 0 saturated heterocycles. The lowest BCUT2D eigenvalue weighted by Gasteiger charge is -2.13. The number of fused-ring (bicyclic) bond motifs is 1.